The van der Waals surface area contributed by atoms with Crippen LogP contribution in [0.2, 0.25) is 0 Å². The first-order valence-electron chi connectivity index (χ1n) is 6.41. The van der Waals surface area contributed by atoms with E-state index in [1.54, 1.807) is 30.0 Å². The highest BCUT2D eigenvalue weighted by Crippen LogP contribution is 2.31. The molecule has 1 atom stereocenters. The molecule has 5 nitrogen and oxygen atoms in total. The van der Waals surface area contributed by atoms with Crippen LogP contribution in [0.5, 0.6) is 0 Å². The summed E-state index contributed by atoms with van der Waals surface area (Å²) in [6.45, 7) is 2.50. The first kappa shape index (κ1) is 14.8. The van der Waals surface area contributed by atoms with E-state index in [-0.39, 0.29) is 12.5 Å². The predicted molar refractivity (Wildman–Crippen MR) is 79.4 cm³/mol. The quantitative estimate of drug-likeness (QED) is 0.809. The zero-order valence-electron chi connectivity index (χ0n) is 11.2. The Balaban J connectivity index is 2.20. The Hall–Kier alpha value is -1.56. The lowest BCUT2D eigenvalue weighted by Crippen LogP contribution is -2.48. The summed E-state index contributed by atoms with van der Waals surface area (Å²) in [4.78, 5) is 25.3. The first-order chi connectivity index (χ1) is 9.33. The predicted octanol–water partition coefficient (Wildman–Crippen LogP) is 2.36. The molecule has 0 saturated carbocycles. The second-order valence-corrected chi connectivity index (χ2v) is 6.29. The highest BCUT2D eigenvalue weighted by Gasteiger charge is 2.39. The molecule has 1 heterocycles. The van der Waals surface area contributed by atoms with Gasteiger partial charge in [0.2, 0.25) is 0 Å². The minimum absolute atomic E-state index is 0.170. The summed E-state index contributed by atoms with van der Waals surface area (Å²) in [6, 6.07) is 5.03. The Morgan fingerprint density at radius 3 is 2.75 bits per heavy atom. The van der Waals surface area contributed by atoms with E-state index in [0.29, 0.717) is 30.6 Å². The number of rotatable bonds is 2. The van der Waals surface area contributed by atoms with Gasteiger partial charge in [-0.1, -0.05) is 0 Å². The number of hydrogen-bond donors (Lipinski definition) is 2. The van der Waals surface area contributed by atoms with Crippen molar-refractivity contribution in [2.45, 2.75) is 19.8 Å². The fourth-order valence-electron chi connectivity index (χ4n) is 2.45. The molecule has 20 heavy (non-hydrogen) atoms. The van der Waals surface area contributed by atoms with Crippen molar-refractivity contribution in [1.29, 1.82) is 0 Å². The van der Waals surface area contributed by atoms with Crippen molar-refractivity contribution in [3.05, 3.63) is 28.2 Å². The van der Waals surface area contributed by atoms with Crippen LogP contribution >= 0.6 is 15.9 Å². The number of carboxylic acid groups (broad SMARTS) is 1. The van der Waals surface area contributed by atoms with Gasteiger partial charge in [-0.25, -0.2) is 0 Å². The molecular formula is C14H17BrN2O3. The number of nitrogen functional groups attached to an aromatic ring is 1. The van der Waals surface area contributed by atoms with Crippen molar-refractivity contribution in [1.82, 2.24) is 4.90 Å². The van der Waals surface area contributed by atoms with Crippen LogP contribution in [0.1, 0.15) is 30.1 Å². The maximum atomic E-state index is 12.4. The number of aliphatic carboxylic acids is 1. The molecule has 1 aromatic rings. The Labute approximate surface area is 125 Å². The van der Waals surface area contributed by atoms with E-state index in [1.165, 1.54) is 0 Å². The highest BCUT2D eigenvalue weighted by atomic mass is 79.9. The molecule has 0 radical (unpaired) electrons. The summed E-state index contributed by atoms with van der Waals surface area (Å²) in [5, 5.41) is 9.28. The number of carbonyl (C=O) groups excluding carboxylic acids is 1. The molecule has 1 aliphatic rings. The maximum Gasteiger partial charge on any atom is 0.311 e. The van der Waals surface area contributed by atoms with Crippen molar-refractivity contribution in [2.24, 2.45) is 5.41 Å². The third-order valence-electron chi connectivity index (χ3n) is 3.74. The number of hydrogen-bond acceptors (Lipinski definition) is 3. The van der Waals surface area contributed by atoms with Crippen LogP contribution in [-0.4, -0.2) is 35.0 Å². The summed E-state index contributed by atoms with van der Waals surface area (Å²) >= 11 is 3.28. The standard InChI is InChI=1S/C14H17BrN2O3/c1-14(13(19)20)5-2-6-17(8-14)12(18)9-3-4-10(15)11(16)7-9/h3-4,7H,2,5-6,8,16H2,1H3,(H,19,20). The first-order valence-corrected chi connectivity index (χ1v) is 7.20. The summed E-state index contributed by atoms with van der Waals surface area (Å²) in [7, 11) is 0. The lowest BCUT2D eigenvalue weighted by molar-refractivity contribution is -0.150. The van der Waals surface area contributed by atoms with Gasteiger partial charge in [-0.2, -0.15) is 0 Å². The number of carbonyl (C=O) groups is 2. The van der Waals surface area contributed by atoms with Gasteiger partial charge in [0.05, 0.1) is 5.41 Å². The molecule has 1 aromatic carbocycles. The fraction of sp³-hybridized carbons (Fsp3) is 0.429. The monoisotopic (exact) mass is 340 g/mol. The average Bonchev–Trinajstić information content (AvgIpc) is 2.41. The summed E-state index contributed by atoms with van der Waals surface area (Å²) in [5.74, 6) is -1.03. The van der Waals surface area contributed by atoms with E-state index in [4.69, 9.17) is 5.73 Å². The Morgan fingerprint density at radius 2 is 2.15 bits per heavy atom. The molecule has 0 aromatic heterocycles. The van der Waals surface area contributed by atoms with E-state index < -0.39 is 11.4 Å². The van der Waals surface area contributed by atoms with Crippen LogP contribution in [0.25, 0.3) is 0 Å². The van der Waals surface area contributed by atoms with Gasteiger partial charge in [0.15, 0.2) is 0 Å². The number of carboxylic acids is 1. The second-order valence-electron chi connectivity index (χ2n) is 5.43. The number of halogens is 1. The molecule has 1 saturated heterocycles. The van der Waals surface area contributed by atoms with Crippen LogP contribution in [0.4, 0.5) is 5.69 Å². The summed E-state index contributed by atoms with van der Waals surface area (Å²) in [6.07, 6.45) is 1.29. The number of piperidine rings is 1. The number of amides is 1. The normalized spacial score (nSPS) is 22.6. The maximum absolute atomic E-state index is 12.4. The number of anilines is 1. The zero-order chi connectivity index (χ0) is 14.9. The van der Waals surface area contributed by atoms with Crippen LogP contribution < -0.4 is 5.73 Å². The van der Waals surface area contributed by atoms with Gasteiger partial charge in [0.25, 0.3) is 5.91 Å². The number of likely N-dealkylation sites (tertiary alicyclic amines) is 1. The highest BCUT2D eigenvalue weighted by molar-refractivity contribution is 9.10. The lowest BCUT2D eigenvalue weighted by Gasteiger charge is -2.37. The van der Waals surface area contributed by atoms with E-state index >= 15 is 0 Å². The fourth-order valence-corrected chi connectivity index (χ4v) is 2.69. The molecule has 108 valence electrons. The smallest absolute Gasteiger partial charge is 0.311 e. The van der Waals surface area contributed by atoms with Gasteiger partial charge in [-0.3, -0.25) is 9.59 Å². The molecule has 2 rings (SSSR count). The molecule has 1 fully saturated rings. The van der Waals surface area contributed by atoms with Gasteiger partial charge < -0.3 is 15.7 Å². The molecule has 1 aliphatic heterocycles. The minimum atomic E-state index is -0.866. The molecular weight excluding hydrogens is 324 g/mol. The Bertz CT molecular complexity index is 561. The summed E-state index contributed by atoms with van der Waals surface area (Å²) in [5.41, 5.74) is 5.89. The van der Waals surface area contributed by atoms with Crippen molar-refractivity contribution in [2.75, 3.05) is 18.8 Å². The average molecular weight is 341 g/mol. The van der Waals surface area contributed by atoms with Crippen LogP contribution in [-0.2, 0) is 4.79 Å². The molecule has 0 aliphatic carbocycles. The number of benzene rings is 1. The molecule has 6 heteroatoms. The van der Waals surface area contributed by atoms with Crippen LogP contribution in [0.15, 0.2) is 22.7 Å². The third kappa shape index (κ3) is 2.80. The zero-order valence-corrected chi connectivity index (χ0v) is 12.8. The second kappa shape index (κ2) is 5.44. The van der Waals surface area contributed by atoms with Gasteiger partial charge in [-0.05, 0) is 53.9 Å². The van der Waals surface area contributed by atoms with Gasteiger partial charge >= 0.3 is 5.97 Å². The molecule has 1 amide bonds. The van der Waals surface area contributed by atoms with Gasteiger partial charge in [0.1, 0.15) is 0 Å². The van der Waals surface area contributed by atoms with Gasteiger partial charge in [0, 0.05) is 28.8 Å². The van der Waals surface area contributed by atoms with Crippen molar-refractivity contribution in [3.8, 4) is 0 Å². The SMILES string of the molecule is CC1(C(=O)O)CCCN(C(=O)c2ccc(Br)c(N)c2)C1. The largest absolute Gasteiger partial charge is 0.481 e. The van der Waals surface area contributed by atoms with E-state index in [2.05, 4.69) is 15.9 Å². The topological polar surface area (TPSA) is 83.6 Å². The Morgan fingerprint density at radius 1 is 1.45 bits per heavy atom. The molecule has 0 spiro atoms. The van der Waals surface area contributed by atoms with Crippen molar-refractivity contribution >= 4 is 33.5 Å². The van der Waals surface area contributed by atoms with Crippen LogP contribution in [0, 0.1) is 5.41 Å². The molecule has 1 unspecified atom stereocenters. The molecule has 3 N–H and O–H groups in total. The van der Waals surface area contributed by atoms with E-state index in [0.717, 1.165) is 4.47 Å². The van der Waals surface area contributed by atoms with Crippen molar-refractivity contribution in [3.63, 3.8) is 0 Å². The number of nitrogens with two attached hydrogens (primary N) is 1. The summed E-state index contributed by atoms with van der Waals surface area (Å²) < 4.78 is 0.739. The van der Waals surface area contributed by atoms with Gasteiger partial charge in [-0.15, -0.1) is 0 Å². The van der Waals surface area contributed by atoms with Crippen LogP contribution in [0.3, 0.4) is 0 Å². The third-order valence-corrected chi connectivity index (χ3v) is 4.47. The minimum Gasteiger partial charge on any atom is -0.481 e. The van der Waals surface area contributed by atoms with E-state index in [9.17, 15) is 14.7 Å². The Kier molecular flexibility index (Phi) is 4.04. The van der Waals surface area contributed by atoms with Crippen molar-refractivity contribution < 1.29 is 14.7 Å². The lowest BCUT2D eigenvalue weighted by atomic mass is 9.82. The molecule has 0 bridgehead atoms. The van der Waals surface area contributed by atoms with E-state index in [1.807, 2.05) is 0 Å². The number of nitrogens with zero attached hydrogens (tertiary/aromatic N) is 1.